The number of nitrogens with zero attached hydrogens (tertiary/aromatic N) is 1. The number of nitrogens with one attached hydrogen (secondary N) is 1. The first kappa shape index (κ1) is 20.6. The molecule has 0 atom stereocenters. The summed E-state index contributed by atoms with van der Waals surface area (Å²) in [5, 5.41) is 13.6. The molecule has 0 heterocycles. The van der Waals surface area contributed by atoms with Gasteiger partial charge in [0.1, 0.15) is 11.4 Å². The zero-order chi connectivity index (χ0) is 20.7. The van der Waals surface area contributed by atoms with Gasteiger partial charge in [-0.2, -0.15) is 0 Å². The van der Waals surface area contributed by atoms with E-state index in [1.807, 2.05) is 0 Å². The number of anilines is 1. The van der Waals surface area contributed by atoms with Gasteiger partial charge in [0.15, 0.2) is 6.61 Å². The van der Waals surface area contributed by atoms with Crippen molar-refractivity contribution in [3.63, 3.8) is 0 Å². The largest absolute Gasteiger partial charge is 0.497 e. The van der Waals surface area contributed by atoms with Crippen LogP contribution in [0.15, 0.2) is 42.5 Å². The number of hydrogen-bond donors (Lipinski definition) is 1. The third-order valence-corrected chi connectivity index (χ3v) is 4.03. The fraction of sp³-hybridized carbons (Fsp3) is 0.200. The van der Waals surface area contributed by atoms with Crippen LogP contribution in [0.2, 0.25) is 0 Å². The van der Waals surface area contributed by atoms with Crippen molar-refractivity contribution >= 4 is 29.3 Å². The van der Waals surface area contributed by atoms with Gasteiger partial charge in [0, 0.05) is 12.1 Å². The summed E-state index contributed by atoms with van der Waals surface area (Å²) in [6, 6.07) is 9.98. The first-order valence-corrected chi connectivity index (χ1v) is 8.35. The fourth-order valence-corrected chi connectivity index (χ4v) is 2.38. The van der Waals surface area contributed by atoms with Crippen LogP contribution in [0.25, 0.3) is 6.08 Å². The lowest BCUT2D eigenvalue weighted by Gasteiger charge is -2.11. The number of ether oxygens (including phenoxy) is 2. The molecule has 2 rings (SSSR count). The fourth-order valence-electron chi connectivity index (χ4n) is 2.38. The topological polar surface area (TPSA) is 108 Å². The maximum absolute atomic E-state index is 12.1. The van der Waals surface area contributed by atoms with E-state index < -0.39 is 23.4 Å². The van der Waals surface area contributed by atoms with Gasteiger partial charge in [0.05, 0.1) is 12.0 Å². The second-order valence-corrected chi connectivity index (χ2v) is 5.92. The molecule has 0 aliphatic carbocycles. The van der Waals surface area contributed by atoms with Crippen LogP contribution in [0.1, 0.15) is 16.7 Å². The van der Waals surface area contributed by atoms with Crippen LogP contribution in [0, 0.1) is 24.0 Å². The summed E-state index contributed by atoms with van der Waals surface area (Å²) in [6.45, 7) is 2.88. The minimum atomic E-state index is -0.714. The average Bonchev–Trinajstić information content (AvgIpc) is 2.68. The lowest BCUT2D eigenvalue weighted by atomic mass is 10.1. The highest BCUT2D eigenvalue weighted by atomic mass is 16.6. The molecule has 0 unspecified atom stereocenters. The van der Waals surface area contributed by atoms with Gasteiger partial charge < -0.3 is 14.8 Å². The second kappa shape index (κ2) is 9.31. The molecule has 0 bridgehead atoms. The van der Waals surface area contributed by atoms with Crippen molar-refractivity contribution in [3.05, 3.63) is 69.3 Å². The summed E-state index contributed by atoms with van der Waals surface area (Å²) in [5.74, 6) is -0.738. The minimum absolute atomic E-state index is 0.0953. The van der Waals surface area contributed by atoms with E-state index >= 15 is 0 Å². The molecule has 2 aromatic rings. The van der Waals surface area contributed by atoms with Gasteiger partial charge in [0.25, 0.3) is 11.6 Å². The average molecular weight is 384 g/mol. The number of carbonyl (C=O) groups excluding carboxylic acids is 2. The number of aryl methyl sites for hydroxylation is 1. The third-order valence-electron chi connectivity index (χ3n) is 4.03. The van der Waals surface area contributed by atoms with E-state index in [1.165, 1.54) is 25.3 Å². The van der Waals surface area contributed by atoms with Gasteiger partial charge >= 0.3 is 5.97 Å². The molecule has 8 heteroatoms. The quantitative estimate of drug-likeness (QED) is 0.339. The van der Waals surface area contributed by atoms with Crippen molar-refractivity contribution < 1.29 is 24.0 Å². The van der Waals surface area contributed by atoms with E-state index in [0.717, 1.165) is 11.1 Å². The van der Waals surface area contributed by atoms with Crippen LogP contribution in [0.3, 0.4) is 0 Å². The highest BCUT2D eigenvalue weighted by Gasteiger charge is 2.19. The Kier molecular flexibility index (Phi) is 6.86. The van der Waals surface area contributed by atoms with Gasteiger partial charge in [-0.1, -0.05) is 18.2 Å². The monoisotopic (exact) mass is 384 g/mol. The Morgan fingerprint density at radius 1 is 1.21 bits per heavy atom. The lowest BCUT2D eigenvalue weighted by molar-refractivity contribution is -0.384. The molecule has 0 saturated carbocycles. The number of nitro benzene ring substituents is 1. The Bertz CT molecular complexity index is 936. The first-order chi connectivity index (χ1) is 13.3. The molecule has 28 heavy (non-hydrogen) atoms. The SMILES string of the molecule is COc1cccc(/C=C/C(=O)OCC(=O)Nc2c([N+](=O)[O-])ccc(C)c2C)c1. The van der Waals surface area contributed by atoms with E-state index in [0.29, 0.717) is 11.3 Å². The molecular weight excluding hydrogens is 364 g/mol. The molecule has 1 amide bonds. The predicted molar refractivity (Wildman–Crippen MR) is 104 cm³/mol. The Morgan fingerprint density at radius 2 is 1.96 bits per heavy atom. The van der Waals surface area contributed by atoms with Crippen molar-refractivity contribution in [1.29, 1.82) is 0 Å². The van der Waals surface area contributed by atoms with E-state index in [1.54, 1.807) is 44.2 Å². The molecule has 0 aliphatic rings. The number of esters is 1. The third kappa shape index (κ3) is 5.41. The van der Waals surface area contributed by atoms with E-state index in [-0.39, 0.29) is 11.4 Å². The lowest BCUT2D eigenvalue weighted by Crippen LogP contribution is -2.21. The van der Waals surface area contributed by atoms with Crippen molar-refractivity contribution in [3.8, 4) is 5.75 Å². The van der Waals surface area contributed by atoms with Crippen LogP contribution in [-0.2, 0) is 14.3 Å². The molecule has 2 aromatic carbocycles. The molecule has 0 saturated heterocycles. The van der Waals surface area contributed by atoms with Crippen LogP contribution in [-0.4, -0.2) is 30.5 Å². The van der Waals surface area contributed by atoms with Crippen molar-refractivity contribution in [2.75, 3.05) is 19.0 Å². The number of nitro groups is 1. The van der Waals surface area contributed by atoms with Gasteiger partial charge in [-0.25, -0.2) is 4.79 Å². The number of carbonyl (C=O) groups is 2. The molecule has 0 radical (unpaired) electrons. The minimum Gasteiger partial charge on any atom is -0.497 e. The summed E-state index contributed by atoms with van der Waals surface area (Å²) in [5.41, 5.74) is 1.97. The molecule has 146 valence electrons. The van der Waals surface area contributed by atoms with E-state index in [4.69, 9.17) is 9.47 Å². The molecule has 0 spiro atoms. The Morgan fingerprint density at radius 3 is 2.64 bits per heavy atom. The van der Waals surface area contributed by atoms with Gasteiger partial charge in [-0.3, -0.25) is 14.9 Å². The number of hydrogen-bond acceptors (Lipinski definition) is 6. The molecule has 0 aliphatic heterocycles. The number of benzene rings is 2. The Hall–Kier alpha value is -3.68. The zero-order valence-electron chi connectivity index (χ0n) is 15.7. The van der Waals surface area contributed by atoms with Crippen LogP contribution in [0.4, 0.5) is 11.4 Å². The number of amides is 1. The molecule has 0 fully saturated rings. The van der Waals surface area contributed by atoms with Gasteiger partial charge in [-0.15, -0.1) is 0 Å². The standard InChI is InChI=1S/C20H20N2O6/c1-13-7-9-17(22(25)26)20(14(13)2)21-18(23)12-28-19(24)10-8-15-5-4-6-16(11-15)27-3/h4-11H,12H2,1-3H3,(H,21,23)/b10-8+. The highest BCUT2D eigenvalue weighted by molar-refractivity contribution is 5.97. The van der Waals surface area contributed by atoms with E-state index in [2.05, 4.69) is 5.32 Å². The summed E-state index contributed by atoms with van der Waals surface area (Å²) >= 11 is 0. The number of methoxy groups -OCH3 is 1. The van der Waals surface area contributed by atoms with Crippen molar-refractivity contribution in [1.82, 2.24) is 0 Å². The summed E-state index contributed by atoms with van der Waals surface area (Å²) in [7, 11) is 1.54. The van der Waals surface area contributed by atoms with Gasteiger partial charge in [0.2, 0.25) is 0 Å². The molecule has 0 aromatic heterocycles. The van der Waals surface area contributed by atoms with Gasteiger partial charge in [-0.05, 0) is 48.7 Å². The van der Waals surface area contributed by atoms with E-state index in [9.17, 15) is 19.7 Å². The van der Waals surface area contributed by atoms with Crippen molar-refractivity contribution in [2.24, 2.45) is 0 Å². The summed E-state index contributed by atoms with van der Waals surface area (Å²) in [4.78, 5) is 34.4. The highest BCUT2D eigenvalue weighted by Crippen LogP contribution is 2.30. The summed E-state index contributed by atoms with van der Waals surface area (Å²) < 4.78 is 9.98. The Balaban J connectivity index is 1.97. The van der Waals surface area contributed by atoms with Crippen LogP contribution >= 0.6 is 0 Å². The molecule has 8 nitrogen and oxygen atoms in total. The van der Waals surface area contributed by atoms with Crippen molar-refractivity contribution in [2.45, 2.75) is 13.8 Å². The molecule has 1 N–H and O–H groups in total. The predicted octanol–water partition coefficient (Wildman–Crippen LogP) is 3.42. The molecular formula is C20H20N2O6. The maximum Gasteiger partial charge on any atom is 0.331 e. The first-order valence-electron chi connectivity index (χ1n) is 8.35. The van der Waals surface area contributed by atoms with Crippen LogP contribution < -0.4 is 10.1 Å². The maximum atomic E-state index is 12.1. The second-order valence-electron chi connectivity index (χ2n) is 5.92. The Labute approximate surface area is 161 Å². The van der Waals surface area contributed by atoms with Crippen LogP contribution in [0.5, 0.6) is 5.75 Å². The normalized spacial score (nSPS) is 10.5. The smallest absolute Gasteiger partial charge is 0.331 e. The summed E-state index contributed by atoms with van der Waals surface area (Å²) in [6.07, 6.45) is 2.71. The zero-order valence-corrected chi connectivity index (χ0v) is 15.7. The number of rotatable bonds is 7.